The number of hydrogen-bond acceptors (Lipinski definition) is 3. The molecule has 0 fully saturated rings. The van der Waals surface area contributed by atoms with Crippen molar-refractivity contribution < 1.29 is 4.42 Å². The van der Waals surface area contributed by atoms with E-state index in [1.165, 1.54) is 0 Å². The van der Waals surface area contributed by atoms with Gasteiger partial charge in [0.05, 0.1) is 18.4 Å². The maximum Gasteiger partial charge on any atom is 0.279 e. The minimum absolute atomic E-state index is 0.0779. The Balaban J connectivity index is 1.88. The molecule has 2 aliphatic heterocycles. The third kappa shape index (κ3) is 2.11. The fourth-order valence-electron chi connectivity index (χ4n) is 2.75. The zero-order valence-corrected chi connectivity index (χ0v) is 12.0. The van der Waals surface area contributed by atoms with Gasteiger partial charge in [0.25, 0.3) is 5.56 Å². The molecule has 0 amide bonds. The van der Waals surface area contributed by atoms with Gasteiger partial charge in [0.15, 0.2) is 5.82 Å². The summed E-state index contributed by atoms with van der Waals surface area (Å²) >= 11 is 0. The topological polar surface area (TPSA) is 63.8 Å². The van der Waals surface area contributed by atoms with Crippen molar-refractivity contribution >= 4 is 6.08 Å². The van der Waals surface area contributed by atoms with Crippen LogP contribution in [0.3, 0.4) is 0 Å². The summed E-state index contributed by atoms with van der Waals surface area (Å²) in [7, 11) is 0. The minimum Gasteiger partial charge on any atom is -0.469 e. The monoisotopic (exact) mass is 293 g/mol. The zero-order valence-electron chi connectivity index (χ0n) is 12.0. The predicted molar refractivity (Wildman–Crippen MR) is 83.4 cm³/mol. The van der Waals surface area contributed by atoms with Gasteiger partial charge in [-0.15, -0.1) is 0 Å². The van der Waals surface area contributed by atoms with Crippen molar-refractivity contribution in [3.8, 4) is 5.82 Å². The summed E-state index contributed by atoms with van der Waals surface area (Å²) in [5, 5.41) is 0. The lowest BCUT2D eigenvalue weighted by molar-refractivity contribution is 0.519. The summed E-state index contributed by atoms with van der Waals surface area (Å²) in [5.41, 5.74) is 2.32. The number of aromatic amines is 1. The first-order chi connectivity index (χ1) is 10.8. The fourth-order valence-corrected chi connectivity index (χ4v) is 2.75. The second kappa shape index (κ2) is 5.18. The molecule has 1 aromatic heterocycles. The van der Waals surface area contributed by atoms with Crippen molar-refractivity contribution in [1.29, 1.82) is 0 Å². The smallest absolute Gasteiger partial charge is 0.279 e. The number of allylic oxidation sites excluding steroid dienone is 3. The minimum atomic E-state index is -0.0779. The summed E-state index contributed by atoms with van der Waals surface area (Å²) in [6, 6.07) is 3.67. The summed E-state index contributed by atoms with van der Waals surface area (Å²) in [6.45, 7) is 0. The summed E-state index contributed by atoms with van der Waals surface area (Å²) in [6.07, 6.45) is 13.7. The largest absolute Gasteiger partial charge is 0.469 e. The van der Waals surface area contributed by atoms with Crippen LogP contribution in [0.2, 0.25) is 0 Å². The van der Waals surface area contributed by atoms with E-state index in [1.54, 1.807) is 17.0 Å². The second-order valence-corrected chi connectivity index (χ2v) is 5.28. The molecule has 0 atom stereocenters. The predicted octanol–water partition coefficient (Wildman–Crippen LogP) is 2.70. The Morgan fingerprint density at radius 1 is 1.32 bits per heavy atom. The van der Waals surface area contributed by atoms with Crippen molar-refractivity contribution in [2.75, 3.05) is 0 Å². The van der Waals surface area contributed by atoms with E-state index in [0.717, 1.165) is 30.0 Å². The van der Waals surface area contributed by atoms with Gasteiger partial charge in [-0.05, 0) is 24.6 Å². The van der Waals surface area contributed by atoms with Gasteiger partial charge in [-0.3, -0.25) is 9.36 Å². The second-order valence-electron chi connectivity index (χ2n) is 5.28. The van der Waals surface area contributed by atoms with Crippen LogP contribution in [0.25, 0.3) is 11.9 Å². The Labute approximate surface area is 127 Å². The third-order valence-electron chi connectivity index (χ3n) is 3.81. The van der Waals surface area contributed by atoms with Crippen molar-refractivity contribution in [2.24, 2.45) is 0 Å². The van der Waals surface area contributed by atoms with Crippen LogP contribution in [0, 0.1) is 0 Å². The molecule has 0 spiro atoms. The Bertz CT molecular complexity index is 881. The highest BCUT2D eigenvalue weighted by molar-refractivity contribution is 5.53. The Morgan fingerprint density at radius 3 is 3.14 bits per heavy atom. The lowest BCUT2D eigenvalue weighted by Gasteiger charge is -2.12. The van der Waals surface area contributed by atoms with E-state index < -0.39 is 0 Å². The molecule has 0 radical (unpaired) electrons. The standard InChI is InChI=1S/C17H15N3O2/c21-17-14(10-12-6-5-9-22-12)19-16-11-18-13-7-3-1-2-4-8-15(13)20(16)17/h1,3-6,8-9,11,18H,2,7,10H2. The van der Waals surface area contributed by atoms with Gasteiger partial charge >= 0.3 is 0 Å². The molecule has 1 N–H and O–H groups in total. The molecule has 0 saturated carbocycles. The molecule has 0 unspecified atom stereocenters. The summed E-state index contributed by atoms with van der Waals surface area (Å²) < 4.78 is 7.00. The number of imidazole rings is 1. The molecule has 0 bridgehead atoms. The van der Waals surface area contributed by atoms with E-state index in [2.05, 4.69) is 22.1 Å². The number of fused-ring (bicyclic) bond motifs is 3. The Kier molecular flexibility index (Phi) is 3.04. The van der Waals surface area contributed by atoms with Gasteiger partial charge in [0, 0.05) is 18.3 Å². The van der Waals surface area contributed by atoms with Gasteiger partial charge in [0.1, 0.15) is 11.5 Å². The van der Waals surface area contributed by atoms with Crippen LogP contribution < -0.4 is 5.56 Å². The summed E-state index contributed by atoms with van der Waals surface area (Å²) in [5.74, 6) is 1.38. The maximum atomic E-state index is 12.7. The lowest BCUT2D eigenvalue weighted by Crippen LogP contribution is -2.20. The van der Waals surface area contributed by atoms with E-state index >= 15 is 0 Å². The average Bonchev–Trinajstić information content (AvgIpc) is 3.09. The highest BCUT2D eigenvalue weighted by Crippen LogP contribution is 2.18. The number of rotatable bonds is 2. The van der Waals surface area contributed by atoms with Gasteiger partial charge in [-0.1, -0.05) is 18.2 Å². The van der Waals surface area contributed by atoms with Crippen LogP contribution in [-0.4, -0.2) is 14.5 Å². The molecular formula is C17H15N3O2. The number of nitrogens with zero attached hydrogens (tertiary/aromatic N) is 2. The highest BCUT2D eigenvalue weighted by Gasteiger charge is 2.19. The zero-order chi connectivity index (χ0) is 14.9. The Hall–Kier alpha value is -2.82. The number of furan rings is 1. The first kappa shape index (κ1) is 12.9. The van der Waals surface area contributed by atoms with Gasteiger partial charge in [-0.25, -0.2) is 4.98 Å². The third-order valence-corrected chi connectivity index (χ3v) is 3.81. The molecule has 22 heavy (non-hydrogen) atoms. The van der Waals surface area contributed by atoms with E-state index in [1.807, 2.05) is 24.3 Å². The quantitative estimate of drug-likeness (QED) is 0.739. The van der Waals surface area contributed by atoms with Crippen molar-refractivity contribution in [3.05, 3.63) is 76.0 Å². The SMILES string of the molecule is O=c1c(Cc2ccco2)nc2c[nH]c3c(n1-2)C=CCC=CC3. The lowest BCUT2D eigenvalue weighted by atomic mass is 10.1. The van der Waals surface area contributed by atoms with Crippen LogP contribution >= 0.6 is 0 Å². The first-order valence-electron chi connectivity index (χ1n) is 7.29. The fraction of sp³-hybridized carbons (Fsp3) is 0.176. The van der Waals surface area contributed by atoms with Gasteiger partial charge in [0.2, 0.25) is 0 Å². The number of H-pyrrole nitrogens is 1. The Morgan fingerprint density at radius 2 is 2.27 bits per heavy atom. The van der Waals surface area contributed by atoms with Gasteiger partial charge in [-0.2, -0.15) is 0 Å². The number of nitrogens with one attached hydrogen (secondary N) is 1. The molecule has 1 aromatic rings. The van der Waals surface area contributed by atoms with Crippen LogP contribution in [0.5, 0.6) is 0 Å². The maximum absolute atomic E-state index is 12.7. The average molecular weight is 293 g/mol. The molecule has 5 nitrogen and oxygen atoms in total. The molecule has 0 saturated heterocycles. The molecular weight excluding hydrogens is 278 g/mol. The molecule has 4 rings (SSSR count). The van der Waals surface area contributed by atoms with E-state index in [4.69, 9.17) is 4.42 Å². The number of aromatic nitrogens is 3. The van der Waals surface area contributed by atoms with Crippen molar-refractivity contribution in [3.63, 3.8) is 0 Å². The molecule has 3 heterocycles. The molecule has 1 aliphatic carbocycles. The van der Waals surface area contributed by atoms with E-state index in [0.29, 0.717) is 17.9 Å². The van der Waals surface area contributed by atoms with Crippen LogP contribution in [0.1, 0.15) is 29.3 Å². The van der Waals surface area contributed by atoms with Crippen molar-refractivity contribution in [1.82, 2.24) is 14.5 Å². The van der Waals surface area contributed by atoms with E-state index in [-0.39, 0.29) is 5.56 Å². The first-order valence-corrected chi connectivity index (χ1v) is 7.29. The molecule has 5 heteroatoms. The van der Waals surface area contributed by atoms with Crippen LogP contribution in [-0.2, 0) is 12.8 Å². The highest BCUT2D eigenvalue weighted by atomic mass is 16.3. The summed E-state index contributed by atoms with van der Waals surface area (Å²) in [4.78, 5) is 20.4. The molecule has 110 valence electrons. The van der Waals surface area contributed by atoms with Crippen molar-refractivity contribution in [2.45, 2.75) is 19.3 Å². The van der Waals surface area contributed by atoms with Crippen LogP contribution in [0.4, 0.5) is 0 Å². The number of hydrogen-bond donors (Lipinski definition) is 1. The van der Waals surface area contributed by atoms with Gasteiger partial charge < -0.3 is 9.40 Å². The molecule has 3 aliphatic rings. The van der Waals surface area contributed by atoms with Crippen LogP contribution in [0.15, 0.2) is 52.0 Å². The van der Waals surface area contributed by atoms with E-state index in [9.17, 15) is 4.79 Å². The molecule has 0 aromatic carbocycles. The normalized spacial score (nSPS) is 14.0.